The van der Waals surface area contributed by atoms with Gasteiger partial charge in [-0.3, -0.25) is 9.69 Å². The molecule has 1 aliphatic heterocycles. The van der Waals surface area contributed by atoms with Gasteiger partial charge in [-0.05, 0) is 50.6 Å². The fourth-order valence-corrected chi connectivity index (χ4v) is 2.84. The number of nitrogens with one attached hydrogen (secondary N) is 2. The number of amides is 1. The summed E-state index contributed by atoms with van der Waals surface area (Å²) < 4.78 is 0. The maximum absolute atomic E-state index is 12.2. The summed E-state index contributed by atoms with van der Waals surface area (Å²) in [6.45, 7) is 7.32. The number of benzene rings is 1. The minimum absolute atomic E-state index is 0.0141. The Morgan fingerprint density at radius 1 is 1.52 bits per heavy atom. The van der Waals surface area contributed by atoms with Gasteiger partial charge in [-0.25, -0.2) is 0 Å². The molecule has 1 saturated heterocycles. The minimum Gasteiger partial charge on any atom is -0.325 e. The molecule has 2 rings (SSSR count). The van der Waals surface area contributed by atoms with Crippen molar-refractivity contribution in [3.8, 4) is 0 Å². The minimum atomic E-state index is 0.0141. The van der Waals surface area contributed by atoms with Gasteiger partial charge in [0.15, 0.2) is 0 Å². The van der Waals surface area contributed by atoms with E-state index in [0.717, 1.165) is 30.9 Å². The van der Waals surface area contributed by atoms with Crippen LogP contribution >= 0.6 is 11.6 Å². The van der Waals surface area contributed by atoms with Crippen LogP contribution in [0.2, 0.25) is 5.02 Å². The number of likely N-dealkylation sites (N-methyl/N-ethyl adjacent to an activating group) is 1. The van der Waals surface area contributed by atoms with Gasteiger partial charge in [-0.1, -0.05) is 24.6 Å². The summed E-state index contributed by atoms with van der Waals surface area (Å²) in [5, 5.41) is 7.10. The molecule has 0 aliphatic carbocycles. The van der Waals surface area contributed by atoms with E-state index in [1.165, 1.54) is 12.8 Å². The van der Waals surface area contributed by atoms with Crippen molar-refractivity contribution >= 4 is 23.2 Å². The number of carbonyl (C=O) groups is 1. The summed E-state index contributed by atoms with van der Waals surface area (Å²) in [6.07, 6.45) is 2.43. The van der Waals surface area contributed by atoms with E-state index in [0.29, 0.717) is 17.6 Å². The fourth-order valence-electron chi connectivity index (χ4n) is 2.67. The van der Waals surface area contributed by atoms with Crippen LogP contribution in [0.1, 0.15) is 25.3 Å². The van der Waals surface area contributed by atoms with Gasteiger partial charge < -0.3 is 10.6 Å². The molecule has 1 aromatic carbocycles. The third kappa shape index (κ3) is 4.70. The molecule has 0 saturated carbocycles. The Balaban J connectivity index is 1.88. The molecular formula is C16H24ClN3O. The van der Waals surface area contributed by atoms with Crippen LogP contribution in [0.5, 0.6) is 0 Å². The van der Waals surface area contributed by atoms with Gasteiger partial charge in [-0.2, -0.15) is 0 Å². The van der Waals surface area contributed by atoms with E-state index in [-0.39, 0.29) is 5.91 Å². The first-order chi connectivity index (χ1) is 10.1. The zero-order chi connectivity index (χ0) is 15.2. The van der Waals surface area contributed by atoms with Crippen molar-refractivity contribution in [3.05, 3.63) is 28.8 Å². The SMILES string of the molecule is CCN(CC(=O)Nc1cccc(Cl)c1C)CC1CCCN1. The van der Waals surface area contributed by atoms with Crippen LogP contribution in [0.4, 0.5) is 5.69 Å². The maximum Gasteiger partial charge on any atom is 0.238 e. The molecule has 21 heavy (non-hydrogen) atoms. The van der Waals surface area contributed by atoms with Crippen molar-refractivity contribution in [1.82, 2.24) is 10.2 Å². The predicted octanol–water partition coefficient (Wildman–Crippen LogP) is 2.66. The Hall–Kier alpha value is -1.10. The first-order valence-corrected chi connectivity index (χ1v) is 7.98. The Morgan fingerprint density at radius 2 is 2.33 bits per heavy atom. The molecule has 1 aliphatic rings. The molecule has 1 fully saturated rings. The lowest BCUT2D eigenvalue weighted by Crippen LogP contribution is -2.41. The third-order valence-corrected chi connectivity index (χ3v) is 4.41. The lowest BCUT2D eigenvalue weighted by atomic mass is 10.2. The van der Waals surface area contributed by atoms with Crippen molar-refractivity contribution in [2.24, 2.45) is 0 Å². The van der Waals surface area contributed by atoms with E-state index in [1.54, 1.807) is 0 Å². The summed E-state index contributed by atoms with van der Waals surface area (Å²) in [5.41, 5.74) is 1.70. The normalized spacial score (nSPS) is 18.2. The van der Waals surface area contributed by atoms with E-state index in [2.05, 4.69) is 22.5 Å². The number of nitrogens with zero attached hydrogens (tertiary/aromatic N) is 1. The quantitative estimate of drug-likeness (QED) is 0.849. The number of anilines is 1. The van der Waals surface area contributed by atoms with E-state index in [1.807, 2.05) is 25.1 Å². The fraction of sp³-hybridized carbons (Fsp3) is 0.562. The molecular weight excluding hydrogens is 286 g/mol. The standard InChI is InChI=1S/C16H24ClN3O/c1-3-20(10-13-6-5-9-18-13)11-16(21)19-15-8-4-7-14(17)12(15)2/h4,7-8,13,18H,3,5-6,9-11H2,1-2H3,(H,19,21). The molecule has 1 unspecified atom stereocenters. The molecule has 1 amide bonds. The highest BCUT2D eigenvalue weighted by atomic mass is 35.5. The Labute approximate surface area is 131 Å². The predicted molar refractivity (Wildman–Crippen MR) is 88.0 cm³/mol. The van der Waals surface area contributed by atoms with Crippen molar-refractivity contribution in [2.45, 2.75) is 32.7 Å². The first-order valence-electron chi connectivity index (χ1n) is 7.61. The average Bonchev–Trinajstić information content (AvgIpc) is 2.96. The highest BCUT2D eigenvalue weighted by Gasteiger charge is 2.18. The molecule has 5 heteroatoms. The van der Waals surface area contributed by atoms with Crippen molar-refractivity contribution < 1.29 is 4.79 Å². The number of carbonyl (C=O) groups excluding carboxylic acids is 1. The highest BCUT2D eigenvalue weighted by Crippen LogP contribution is 2.22. The van der Waals surface area contributed by atoms with Crippen LogP contribution in [0.15, 0.2) is 18.2 Å². The summed E-state index contributed by atoms with van der Waals surface area (Å²) in [7, 11) is 0. The summed E-state index contributed by atoms with van der Waals surface area (Å²) in [6, 6.07) is 6.08. The van der Waals surface area contributed by atoms with Crippen molar-refractivity contribution in [2.75, 3.05) is 31.5 Å². The lowest BCUT2D eigenvalue weighted by molar-refractivity contribution is -0.117. The topological polar surface area (TPSA) is 44.4 Å². The van der Waals surface area contributed by atoms with E-state index in [4.69, 9.17) is 11.6 Å². The van der Waals surface area contributed by atoms with Gasteiger partial charge in [0.05, 0.1) is 6.54 Å². The van der Waals surface area contributed by atoms with Crippen LogP contribution in [0.25, 0.3) is 0 Å². The Kier molecular flexibility index (Phi) is 6.03. The highest BCUT2D eigenvalue weighted by molar-refractivity contribution is 6.31. The number of rotatable bonds is 6. The maximum atomic E-state index is 12.2. The van der Waals surface area contributed by atoms with Crippen LogP contribution in [0, 0.1) is 6.92 Å². The van der Waals surface area contributed by atoms with Gasteiger partial charge in [0.25, 0.3) is 0 Å². The summed E-state index contributed by atoms with van der Waals surface area (Å²) in [5.74, 6) is 0.0141. The molecule has 4 nitrogen and oxygen atoms in total. The molecule has 1 heterocycles. The van der Waals surface area contributed by atoms with E-state index in [9.17, 15) is 4.79 Å². The zero-order valence-corrected chi connectivity index (χ0v) is 13.5. The molecule has 0 spiro atoms. The van der Waals surface area contributed by atoms with Crippen molar-refractivity contribution in [3.63, 3.8) is 0 Å². The Bertz CT molecular complexity index is 486. The third-order valence-electron chi connectivity index (χ3n) is 4.00. The lowest BCUT2D eigenvalue weighted by Gasteiger charge is -2.23. The molecule has 0 radical (unpaired) electrons. The summed E-state index contributed by atoms with van der Waals surface area (Å²) in [4.78, 5) is 14.4. The van der Waals surface area contributed by atoms with Crippen LogP contribution in [0.3, 0.4) is 0 Å². The van der Waals surface area contributed by atoms with Gasteiger partial charge in [0.2, 0.25) is 5.91 Å². The average molecular weight is 310 g/mol. The number of hydrogen-bond donors (Lipinski definition) is 2. The summed E-state index contributed by atoms with van der Waals surface area (Å²) >= 11 is 6.07. The molecule has 1 aromatic rings. The second-order valence-electron chi connectivity index (χ2n) is 5.58. The molecule has 0 bridgehead atoms. The van der Waals surface area contributed by atoms with Gasteiger partial charge in [0.1, 0.15) is 0 Å². The number of hydrogen-bond acceptors (Lipinski definition) is 3. The second kappa shape index (κ2) is 7.78. The van der Waals surface area contributed by atoms with E-state index >= 15 is 0 Å². The van der Waals surface area contributed by atoms with Gasteiger partial charge >= 0.3 is 0 Å². The molecule has 116 valence electrons. The molecule has 1 atom stereocenters. The monoisotopic (exact) mass is 309 g/mol. The van der Waals surface area contributed by atoms with Crippen LogP contribution in [-0.4, -0.2) is 43.0 Å². The smallest absolute Gasteiger partial charge is 0.238 e. The molecule has 0 aromatic heterocycles. The van der Waals surface area contributed by atoms with Gasteiger partial charge in [-0.15, -0.1) is 0 Å². The first kappa shape index (κ1) is 16.3. The Morgan fingerprint density at radius 3 is 3.00 bits per heavy atom. The van der Waals surface area contributed by atoms with Gasteiger partial charge in [0, 0.05) is 23.3 Å². The van der Waals surface area contributed by atoms with Crippen LogP contribution in [-0.2, 0) is 4.79 Å². The van der Waals surface area contributed by atoms with Crippen LogP contribution < -0.4 is 10.6 Å². The second-order valence-corrected chi connectivity index (χ2v) is 5.99. The van der Waals surface area contributed by atoms with Crippen molar-refractivity contribution in [1.29, 1.82) is 0 Å². The largest absolute Gasteiger partial charge is 0.325 e. The number of halogens is 1. The van der Waals surface area contributed by atoms with E-state index < -0.39 is 0 Å². The molecule has 2 N–H and O–H groups in total. The zero-order valence-electron chi connectivity index (χ0n) is 12.8.